The summed E-state index contributed by atoms with van der Waals surface area (Å²) in [7, 11) is 0. The summed E-state index contributed by atoms with van der Waals surface area (Å²) in [6.07, 6.45) is 2.72. The number of hydrogen-bond acceptors (Lipinski definition) is 2. The topological polar surface area (TPSA) is 32.9 Å². The first-order valence-electron chi connectivity index (χ1n) is 6.09. The Morgan fingerprint density at radius 3 is 2.89 bits per heavy atom. The van der Waals surface area contributed by atoms with Gasteiger partial charge in [0.2, 0.25) is 5.78 Å². The van der Waals surface area contributed by atoms with Crippen LogP contribution in [0.4, 0.5) is 0 Å². The molecule has 0 amide bonds. The van der Waals surface area contributed by atoms with Crippen LogP contribution in [0.1, 0.15) is 27.0 Å². The van der Waals surface area contributed by atoms with Gasteiger partial charge in [-0.1, -0.05) is 24.6 Å². The summed E-state index contributed by atoms with van der Waals surface area (Å²) in [4.78, 5) is 17.6. The van der Waals surface area contributed by atoms with Crippen molar-refractivity contribution in [3.05, 3.63) is 56.9 Å². The smallest absolute Gasteiger partial charge is 0.205 e. The van der Waals surface area contributed by atoms with Gasteiger partial charge in [0.15, 0.2) is 0 Å². The summed E-state index contributed by atoms with van der Waals surface area (Å²) in [5.74, 6) is 0.0678. The molecule has 2 nitrogen and oxygen atoms in total. The maximum absolute atomic E-state index is 12.5. The van der Waals surface area contributed by atoms with Crippen molar-refractivity contribution in [2.75, 3.05) is 0 Å². The number of aromatic nitrogens is 1. The van der Waals surface area contributed by atoms with Gasteiger partial charge in [0.1, 0.15) is 0 Å². The van der Waals surface area contributed by atoms with Gasteiger partial charge in [0.05, 0.1) is 4.88 Å². The molecule has 3 aromatic rings. The molecule has 1 aromatic carbocycles. The molecule has 0 unspecified atom stereocenters. The van der Waals surface area contributed by atoms with E-state index in [9.17, 15) is 4.79 Å². The number of nitrogens with one attached hydrogen (secondary N) is 1. The number of carbonyl (C=O) groups is 1. The van der Waals surface area contributed by atoms with E-state index in [1.807, 2.05) is 24.3 Å². The van der Waals surface area contributed by atoms with E-state index < -0.39 is 0 Å². The normalized spacial score (nSPS) is 11.1. The monoisotopic (exact) mass is 289 g/mol. The Balaban J connectivity index is 2.06. The molecule has 4 heteroatoms. The molecule has 2 aromatic heterocycles. The van der Waals surface area contributed by atoms with Crippen LogP contribution in [0.5, 0.6) is 0 Å². The number of H-pyrrole nitrogens is 1. The molecular weight excluding hydrogens is 278 g/mol. The van der Waals surface area contributed by atoms with Crippen LogP contribution in [0.15, 0.2) is 36.5 Å². The summed E-state index contributed by atoms with van der Waals surface area (Å²) >= 11 is 7.51. The molecule has 0 spiro atoms. The Bertz CT molecular complexity index is 756. The fraction of sp³-hybridized carbons (Fsp3) is 0.133. The van der Waals surface area contributed by atoms with Gasteiger partial charge in [-0.05, 0) is 30.7 Å². The van der Waals surface area contributed by atoms with Crippen molar-refractivity contribution < 1.29 is 4.79 Å². The van der Waals surface area contributed by atoms with Crippen molar-refractivity contribution in [2.24, 2.45) is 0 Å². The third-order valence-corrected chi connectivity index (χ3v) is 4.59. The first kappa shape index (κ1) is 12.5. The van der Waals surface area contributed by atoms with Gasteiger partial charge in [-0.2, -0.15) is 0 Å². The number of carbonyl (C=O) groups excluding carboxylic acids is 1. The predicted octanol–water partition coefficient (Wildman–Crippen LogP) is 4.68. The lowest BCUT2D eigenvalue weighted by atomic mass is 10.1. The molecule has 19 heavy (non-hydrogen) atoms. The summed E-state index contributed by atoms with van der Waals surface area (Å²) in [5.41, 5.74) is 1.60. The molecule has 0 radical (unpaired) electrons. The zero-order valence-corrected chi connectivity index (χ0v) is 11.9. The molecule has 0 bridgehead atoms. The van der Waals surface area contributed by atoms with Crippen LogP contribution in [0.3, 0.4) is 0 Å². The number of fused-ring (bicyclic) bond motifs is 1. The summed E-state index contributed by atoms with van der Waals surface area (Å²) < 4.78 is 0. The Morgan fingerprint density at radius 2 is 2.16 bits per heavy atom. The number of hydrogen-bond donors (Lipinski definition) is 1. The predicted molar refractivity (Wildman–Crippen MR) is 80.4 cm³/mol. The Kier molecular flexibility index (Phi) is 3.17. The van der Waals surface area contributed by atoms with E-state index in [-0.39, 0.29) is 5.78 Å². The summed E-state index contributed by atoms with van der Waals surface area (Å²) in [6.45, 7) is 2.09. The minimum Gasteiger partial charge on any atom is -0.360 e. The number of benzene rings is 1. The zero-order chi connectivity index (χ0) is 13.4. The third-order valence-electron chi connectivity index (χ3n) is 3.12. The van der Waals surface area contributed by atoms with E-state index in [0.717, 1.165) is 22.2 Å². The quantitative estimate of drug-likeness (QED) is 0.698. The standard InChI is InChI=1S/C15H12ClNOS/c1-2-10-4-6-14(19-10)15(18)12-8-17-13-7-9(16)3-5-11(12)13/h3-8,17H,2H2,1H3. The van der Waals surface area contributed by atoms with Crippen molar-refractivity contribution >= 4 is 39.6 Å². The second kappa shape index (κ2) is 4.83. The Labute approximate surface area is 120 Å². The number of halogens is 1. The van der Waals surface area contributed by atoms with Crippen LogP contribution in [-0.4, -0.2) is 10.8 Å². The highest BCUT2D eigenvalue weighted by Gasteiger charge is 2.16. The van der Waals surface area contributed by atoms with Crippen LogP contribution in [-0.2, 0) is 6.42 Å². The SMILES string of the molecule is CCc1ccc(C(=O)c2c[nH]c3cc(Cl)ccc23)s1. The zero-order valence-electron chi connectivity index (χ0n) is 10.4. The van der Waals surface area contributed by atoms with E-state index in [1.54, 1.807) is 23.6 Å². The largest absolute Gasteiger partial charge is 0.360 e. The highest BCUT2D eigenvalue weighted by Crippen LogP contribution is 2.26. The molecule has 0 saturated heterocycles. The summed E-state index contributed by atoms with van der Waals surface area (Å²) in [5, 5.41) is 1.58. The lowest BCUT2D eigenvalue weighted by molar-refractivity contribution is 0.104. The average Bonchev–Trinajstić information content (AvgIpc) is 3.03. The summed E-state index contributed by atoms with van der Waals surface area (Å²) in [6, 6.07) is 9.44. The highest BCUT2D eigenvalue weighted by molar-refractivity contribution is 7.14. The fourth-order valence-electron chi connectivity index (χ4n) is 2.11. The number of thiophene rings is 1. The van der Waals surface area contributed by atoms with Gasteiger partial charge in [-0.3, -0.25) is 4.79 Å². The second-order valence-electron chi connectivity index (χ2n) is 4.34. The first-order chi connectivity index (χ1) is 9.19. The highest BCUT2D eigenvalue weighted by atomic mass is 35.5. The average molecular weight is 290 g/mol. The van der Waals surface area contributed by atoms with Crippen molar-refractivity contribution in [3.63, 3.8) is 0 Å². The van der Waals surface area contributed by atoms with Crippen molar-refractivity contribution in [2.45, 2.75) is 13.3 Å². The molecule has 0 atom stereocenters. The number of aromatic amines is 1. The lowest BCUT2D eigenvalue weighted by Crippen LogP contribution is -1.96. The lowest BCUT2D eigenvalue weighted by Gasteiger charge is -1.96. The molecule has 1 N–H and O–H groups in total. The first-order valence-corrected chi connectivity index (χ1v) is 7.28. The number of ketones is 1. The Hall–Kier alpha value is -1.58. The van der Waals surface area contributed by atoms with Crippen LogP contribution >= 0.6 is 22.9 Å². The molecule has 0 aliphatic rings. The van der Waals surface area contributed by atoms with E-state index in [4.69, 9.17) is 11.6 Å². The maximum Gasteiger partial charge on any atom is 0.205 e. The third kappa shape index (κ3) is 2.20. The van der Waals surface area contributed by atoms with Gasteiger partial charge in [0, 0.05) is 32.6 Å². The van der Waals surface area contributed by atoms with Crippen molar-refractivity contribution in [1.82, 2.24) is 4.98 Å². The van der Waals surface area contributed by atoms with Gasteiger partial charge < -0.3 is 4.98 Å². The molecule has 96 valence electrons. The molecule has 2 heterocycles. The van der Waals surface area contributed by atoms with Crippen LogP contribution in [0.25, 0.3) is 10.9 Å². The van der Waals surface area contributed by atoms with E-state index in [2.05, 4.69) is 11.9 Å². The van der Waals surface area contributed by atoms with Crippen LogP contribution < -0.4 is 0 Å². The molecule has 3 rings (SSSR count). The van der Waals surface area contributed by atoms with Gasteiger partial charge in [-0.25, -0.2) is 0 Å². The Morgan fingerprint density at radius 1 is 1.32 bits per heavy atom. The van der Waals surface area contributed by atoms with Gasteiger partial charge in [0.25, 0.3) is 0 Å². The number of rotatable bonds is 3. The molecule has 0 aliphatic heterocycles. The van der Waals surface area contributed by atoms with E-state index in [0.29, 0.717) is 10.6 Å². The molecule has 0 saturated carbocycles. The van der Waals surface area contributed by atoms with Crippen LogP contribution in [0, 0.1) is 0 Å². The van der Waals surface area contributed by atoms with Crippen LogP contribution in [0.2, 0.25) is 5.02 Å². The minimum absolute atomic E-state index is 0.0678. The van der Waals surface area contributed by atoms with Crippen molar-refractivity contribution in [3.8, 4) is 0 Å². The fourth-order valence-corrected chi connectivity index (χ4v) is 3.18. The molecular formula is C15H12ClNOS. The van der Waals surface area contributed by atoms with Crippen molar-refractivity contribution in [1.29, 1.82) is 0 Å². The van der Waals surface area contributed by atoms with E-state index in [1.165, 1.54) is 4.88 Å². The van der Waals surface area contributed by atoms with E-state index >= 15 is 0 Å². The number of aryl methyl sites for hydroxylation is 1. The molecule has 0 aliphatic carbocycles. The van der Waals surface area contributed by atoms with Gasteiger partial charge in [-0.15, -0.1) is 11.3 Å². The van der Waals surface area contributed by atoms with Gasteiger partial charge >= 0.3 is 0 Å². The minimum atomic E-state index is 0.0678. The maximum atomic E-state index is 12.5. The second-order valence-corrected chi connectivity index (χ2v) is 5.95. The molecule has 0 fully saturated rings.